The van der Waals surface area contributed by atoms with Gasteiger partial charge in [0.15, 0.2) is 5.69 Å². The molecule has 1 fully saturated rings. The number of hydrogen-bond donors (Lipinski definition) is 1. The van der Waals surface area contributed by atoms with E-state index in [0.717, 1.165) is 18.9 Å². The van der Waals surface area contributed by atoms with Crippen molar-refractivity contribution in [2.75, 3.05) is 24.6 Å². The Morgan fingerprint density at radius 3 is 2.90 bits per heavy atom. The number of piperidine rings is 1. The SMILES string of the molecule is OC[C@@H]1CCCN(c2cc(C(F)(F)F)nc3ncnn23)C1. The quantitative estimate of drug-likeness (QED) is 0.907. The van der Waals surface area contributed by atoms with E-state index in [4.69, 9.17) is 0 Å². The number of anilines is 1. The van der Waals surface area contributed by atoms with Gasteiger partial charge in [0.05, 0.1) is 0 Å². The third kappa shape index (κ3) is 2.65. The highest BCUT2D eigenvalue weighted by Crippen LogP contribution is 2.31. The van der Waals surface area contributed by atoms with Crippen molar-refractivity contribution in [1.82, 2.24) is 19.6 Å². The van der Waals surface area contributed by atoms with Gasteiger partial charge in [0.25, 0.3) is 5.78 Å². The van der Waals surface area contributed by atoms with Crippen molar-refractivity contribution in [3.8, 4) is 0 Å². The summed E-state index contributed by atoms with van der Waals surface area (Å²) < 4.78 is 40.1. The maximum absolute atomic E-state index is 12.9. The van der Waals surface area contributed by atoms with Crippen LogP contribution in [-0.2, 0) is 6.18 Å². The van der Waals surface area contributed by atoms with Crippen molar-refractivity contribution in [1.29, 1.82) is 0 Å². The predicted molar refractivity (Wildman–Crippen MR) is 67.8 cm³/mol. The Labute approximate surface area is 118 Å². The van der Waals surface area contributed by atoms with Gasteiger partial charge in [-0.25, -0.2) is 4.98 Å². The maximum Gasteiger partial charge on any atom is 0.433 e. The fourth-order valence-electron chi connectivity index (χ4n) is 2.59. The monoisotopic (exact) mass is 301 g/mol. The lowest BCUT2D eigenvalue weighted by Crippen LogP contribution is -2.38. The Balaban J connectivity index is 2.05. The molecule has 0 aromatic carbocycles. The molecule has 0 radical (unpaired) electrons. The van der Waals surface area contributed by atoms with E-state index in [1.807, 2.05) is 0 Å². The molecular formula is C12H14F3N5O. The van der Waals surface area contributed by atoms with Gasteiger partial charge in [-0.15, -0.1) is 0 Å². The average Bonchev–Trinajstić information content (AvgIpc) is 2.93. The van der Waals surface area contributed by atoms with Crippen LogP contribution in [0.4, 0.5) is 19.0 Å². The number of aliphatic hydroxyl groups excluding tert-OH is 1. The summed E-state index contributed by atoms with van der Waals surface area (Å²) in [5.74, 6) is 0.286. The summed E-state index contributed by atoms with van der Waals surface area (Å²) in [6.07, 6.45) is -1.68. The van der Waals surface area contributed by atoms with Crippen LogP contribution in [0.3, 0.4) is 0 Å². The molecule has 0 aliphatic carbocycles. The molecule has 1 saturated heterocycles. The fraction of sp³-hybridized carbons (Fsp3) is 0.583. The topological polar surface area (TPSA) is 66.5 Å². The summed E-state index contributed by atoms with van der Waals surface area (Å²) in [6.45, 7) is 1.13. The molecule has 3 heterocycles. The van der Waals surface area contributed by atoms with Gasteiger partial charge in [-0.1, -0.05) is 0 Å². The molecule has 1 N–H and O–H groups in total. The van der Waals surface area contributed by atoms with Crippen LogP contribution < -0.4 is 4.90 Å². The molecule has 2 aromatic heterocycles. The van der Waals surface area contributed by atoms with Gasteiger partial charge in [0.1, 0.15) is 12.1 Å². The first-order valence-electron chi connectivity index (χ1n) is 6.63. The maximum atomic E-state index is 12.9. The highest BCUT2D eigenvalue weighted by molar-refractivity contribution is 5.48. The lowest BCUT2D eigenvalue weighted by Gasteiger charge is -2.33. The van der Waals surface area contributed by atoms with Crippen LogP contribution >= 0.6 is 0 Å². The number of nitrogens with zero attached hydrogens (tertiary/aromatic N) is 5. The minimum atomic E-state index is -4.53. The Kier molecular flexibility index (Phi) is 3.44. The molecule has 0 saturated carbocycles. The number of rotatable bonds is 2. The van der Waals surface area contributed by atoms with E-state index < -0.39 is 11.9 Å². The number of alkyl halides is 3. The molecule has 0 bridgehead atoms. The Hall–Kier alpha value is -1.90. The molecule has 0 spiro atoms. The van der Waals surface area contributed by atoms with Crippen LogP contribution in [0.1, 0.15) is 18.5 Å². The van der Waals surface area contributed by atoms with E-state index in [0.29, 0.717) is 18.9 Å². The molecule has 9 heteroatoms. The predicted octanol–water partition coefficient (Wildman–Crippen LogP) is 1.35. The first-order chi connectivity index (χ1) is 9.99. The summed E-state index contributed by atoms with van der Waals surface area (Å²) in [4.78, 5) is 9.04. The molecule has 3 rings (SSSR count). The van der Waals surface area contributed by atoms with Crippen LogP contribution in [-0.4, -0.2) is 44.4 Å². The van der Waals surface area contributed by atoms with E-state index in [1.54, 1.807) is 4.90 Å². The van der Waals surface area contributed by atoms with Crippen LogP contribution in [0, 0.1) is 5.92 Å². The van der Waals surface area contributed by atoms with E-state index in [9.17, 15) is 18.3 Å². The van der Waals surface area contributed by atoms with Gasteiger partial charge in [0, 0.05) is 25.8 Å². The molecule has 2 aromatic rings. The van der Waals surface area contributed by atoms with Crippen LogP contribution in [0.2, 0.25) is 0 Å². The number of aromatic nitrogens is 4. The minimum Gasteiger partial charge on any atom is -0.396 e. The number of aliphatic hydroxyl groups is 1. The fourth-order valence-corrected chi connectivity index (χ4v) is 2.59. The molecule has 1 atom stereocenters. The zero-order chi connectivity index (χ0) is 15.0. The normalized spacial score (nSPS) is 20.2. The highest BCUT2D eigenvalue weighted by Gasteiger charge is 2.35. The summed E-state index contributed by atoms with van der Waals surface area (Å²) in [5.41, 5.74) is -0.982. The van der Waals surface area contributed by atoms with E-state index >= 15 is 0 Å². The van der Waals surface area contributed by atoms with Crippen molar-refractivity contribution >= 4 is 11.6 Å². The van der Waals surface area contributed by atoms with Gasteiger partial charge in [-0.3, -0.25) is 0 Å². The molecule has 1 aliphatic heterocycles. The second-order valence-electron chi connectivity index (χ2n) is 5.11. The van der Waals surface area contributed by atoms with Crippen LogP contribution in [0.15, 0.2) is 12.4 Å². The smallest absolute Gasteiger partial charge is 0.396 e. The zero-order valence-corrected chi connectivity index (χ0v) is 11.1. The molecule has 1 aliphatic rings. The standard InChI is InChI=1S/C12H14F3N5O/c13-12(14,15)9-4-10(20-11(18-9)16-7-17-20)19-3-1-2-8(5-19)6-21/h4,7-8,21H,1-3,5-6H2/t8-/m1/s1. The second kappa shape index (κ2) is 5.14. The number of hydrogen-bond acceptors (Lipinski definition) is 5. The number of halogens is 3. The van der Waals surface area contributed by atoms with E-state index in [2.05, 4.69) is 15.1 Å². The van der Waals surface area contributed by atoms with Crippen LogP contribution in [0.5, 0.6) is 0 Å². The van der Waals surface area contributed by atoms with Gasteiger partial charge in [-0.2, -0.15) is 27.8 Å². The molecular weight excluding hydrogens is 287 g/mol. The third-order valence-electron chi connectivity index (χ3n) is 3.62. The second-order valence-corrected chi connectivity index (χ2v) is 5.11. The van der Waals surface area contributed by atoms with Gasteiger partial charge in [-0.05, 0) is 18.8 Å². The Morgan fingerprint density at radius 1 is 1.38 bits per heavy atom. The average molecular weight is 301 g/mol. The third-order valence-corrected chi connectivity index (χ3v) is 3.62. The summed E-state index contributed by atoms with van der Waals surface area (Å²) in [5, 5.41) is 13.2. The Bertz CT molecular complexity index is 641. The Morgan fingerprint density at radius 2 is 2.19 bits per heavy atom. The lowest BCUT2D eigenvalue weighted by atomic mass is 9.99. The molecule has 21 heavy (non-hydrogen) atoms. The molecule has 0 unspecified atom stereocenters. The van der Waals surface area contributed by atoms with Gasteiger partial charge >= 0.3 is 6.18 Å². The minimum absolute atomic E-state index is 0.0220. The van der Waals surface area contributed by atoms with Crippen molar-refractivity contribution < 1.29 is 18.3 Å². The van der Waals surface area contributed by atoms with E-state index in [-0.39, 0.29) is 18.3 Å². The zero-order valence-electron chi connectivity index (χ0n) is 11.1. The largest absolute Gasteiger partial charge is 0.433 e. The van der Waals surface area contributed by atoms with Crippen molar-refractivity contribution in [3.63, 3.8) is 0 Å². The number of fused-ring (bicyclic) bond motifs is 1. The van der Waals surface area contributed by atoms with Crippen molar-refractivity contribution in [3.05, 3.63) is 18.1 Å². The van der Waals surface area contributed by atoms with Crippen molar-refractivity contribution in [2.24, 2.45) is 5.92 Å². The molecule has 114 valence electrons. The highest BCUT2D eigenvalue weighted by atomic mass is 19.4. The van der Waals surface area contributed by atoms with Crippen LogP contribution in [0.25, 0.3) is 5.78 Å². The first-order valence-corrected chi connectivity index (χ1v) is 6.63. The van der Waals surface area contributed by atoms with E-state index in [1.165, 1.54) is 10.8 Å². The van der Waals surface area contributed by atoms with Gasteiger partial charge < -0.3 is 10.0 Å². The lowest BCUT2D eigenvalue weighted by molar-refractivity contribution is -0.141. The first kappa shape index (κ1) is 14.1. The molecule has 0 amide bonds. The summed E-state index contributed by atoms with van der Waals surface area (Å²) in [7, 11) is 0. The summed E-state index contributed by atoms with van der Waals surface area (Å²) >= 11 is 0. The summed E-state index contributed by atoms with van der Waals surface area (Å²) in [6, 6.07) is 0.988. The molecule has 6 nitrogen and oxygen atoms in total. The van der Waals surface area contributed by atoms with Crippen molar-refractivity contribution in [2.45, 2.75) is 19.0 Å². The van der Waals surface area contributed by atoms with Gasteiger partial charge in [0.2, 0.25) is 0 Å².